The van der Waals surface area contributed by atoms with Crippen molar-refractivity contribution >= 4 is 40.1 Å². The largest absolute Gasteiger partial charge is 0.326 e. The zero-order chi connectivity index (χ0) is 25.2. The molecule has 1 N–H and O–H groups in total. The highest BCUT2D eigenvalue weighted by molar-refractivity contribution is 8.15. The Labute approximate surface area is 213 Å². The van der Waals surface area contributed by atoms with Crippen molar-refractivity contribution < 1.29 is 14.0 Å². The highest BCUT2D eigenvalue weighted by Gasteiger charge is 2.39. The molecular weight excluding hydrogens is 475 g/mol. The van der Waals surface area contributed by atoms with Gasteiger partial charge in [-0.1, -0.05) is 60.3 Å². The third-order valence-corrected chi connectivity index (χ3v) is 7.50. The Kier molecular flexibility index (Phi) is 6.69. The maximum Gasteiger partial charge on any atom is 0.262 e. The number of halogens is 1. The molecular formula is C28H25FN4O2S. The minimum absolute atomic E-state index is 0.00767. The van der Waals surface area contributed by atoms with Crippen LogP contribution in [0, 0.1) is 19.7 Å². The van der Waals surface area contributed by atoms with Crippen LogP contribution in [-0.4, -0.2) is 33.0 Å². The molecule has 0 fully saturated rings. The smallest absolute Gasteiger partial charge is 0.262 e. The molecule has 2 unspecified atom stereocenters. The van der Waals surface area contributed by atoms with Gasteiger partial charge in [0.2, 0.25) is 5.91 Å². The predicted molar refractivity (Wildman–Crippen MR) is 142 cm³/mol. The minimum atomic E-state index is -0.628. The molecule has 182 valence electrons. The fourth-order valence-electron chi connectivity index (χ4n) is 4.24. The summed E-state index contributed by atoms with van der Waals surface area (Å²) in [5.74, 6) is -0.915. The number of hydrogen-bond acceptors (Lipinski definition) is 5. The van der Waals surface area contributed by atoms with E-state index in [0.717, 1.165) is 28.0 Å². The second-order valence-electron chi connectivity index (χ2n) is 8.92. The van der Waals surface area contributed by atoms with E-state index in [-0.39, 0.29) is 30.1 Å². The molecule has 6 nitrogen and oxygen atoms in total. The van der Waals surface area contributed by atoms with Crippen LogP contribution in [0.5, 0.6) is 0 Å². The first-order valence-electron chi connectivity index (χ1n) is 11.7. The van der Waals surface area contributed by atoms with Crippen LogP contribution >= 0.6 is 11.8 Å². The van der Waals surface area contributed by atoms with Gasteiger partial charge in [0.15, 0.2) is 5.17 Å². The summed E-state index contributed by atoms with van der Waals surface area (Å²) in [6.45, 7) is 4.00. The Morgan fingerprint density at radius 1 is 1.06 bits per heavy atom. The van der Waals surface area contributed by atoms with Gasteiger partial charge in [-0.15, -0.1) is 0 Å². The van der Waals surface area contributed by atoms with Crippen LogP contribution in [0.15, 0.2) is 82.9 Å². The zero-order valence-corrected chi connectivity index (χ0v) is 20.8. The maximum atomic E-state index is 13.6. The molecule has 8 heteroatoms. The summed E-state index contributed by atoms with van der Waals surface area (Å²) < 4.78 is 13.6. The van der Waals surface area contributed by atoms with Gasteiger partial charge in [0.25, 0.3) is 5.91 Å². The summed E-state index contributed by atoms with van der Waals surface area (Å²) in [6, 6.07) is 21.6. The molecule has 0 spiro atoms. The lowest BCUT2D eigenvalue weighted by Crippen LogP contribution is -2.25. The molecule has 0 saturated heterocycles. The normalized spacial score (nSPS) is 19.3. The van der Waals surface area contributed by atoms with Crippen LogP contribution in [0.4, 0.5) is 10.1 Å². The third kappa shape index (κ3) is 5.09. The summed E-state index contributed by atoms with van der Waals surface area (Å²) in [5, 5.41) is 9.24. The number of nitrogens with one attached hydrogen (secondary N) is 1. The molecule has 0 radical (unpaired) electrons. The first-order valence-corrected chi connectivity index (χ1v) is 12.6. The van der Waals surface area contributed by atoms with Gasteiger partial charge in [-0.25, -0.2) is 9.40 Å². The van der Waals surface area contributed by atoms with E-state index in [1.807, 2.05) is 62.4 Å². The SMILES string of the molecule is Cc1ccc(NC(=O)CC2SC(N3N=C(c4ccccc4)CC3c3ccc(F)cc3)=NC2=O)cc1C. The van der Waals surface area contributed by atoms with Gasteiger partial charge in [-0.05, 0) is 60.4 Å². The molecule has 3 aromatic rings. The molecule has 3 aromatic carbocycles. The molecule has 2 aliphatic heterocycles. The molecule has 0 aromatic heterocycles. The van der Waals surface area contributed by atoms with E-state index in [2.05, 4.69) is 10.3 Å². The summed E-state index contributed by atoms with van der Waals surface area (Å²) in [6.07, 6.45) is 0.592. The van der Waals surface area contributed by atoms with Crippen LogP contribution in [0.2, 0.25) is 0 Å². The number of amidine groups is 1. The van der Waals surface area contributed by atoms with Gasteiger partial charge in [0.05, 0.1) is 11.8 Å². The van der Waals surface area contributed by atoms with Crippen LogP contribution in [0.3, 0.4) is 0 Å². The molecule has 36 heavy (non-hydrogen) atoms. The standard InChI is InChI=1S/C28H25FN4O2S/c1-17-8-13-22(14-18(17)2)30-26(34)16-25-27(35)31-28(36-25)33-24(20-9-11-21(29)12-10-20)15-23(32-33)19-6-4-3-5-7-19/h3-14,24-25H,15-16H2,1-2H3,(H,30,34). The molecule has 0 bridgehead atoms. The monoisotopic (exact) mass is 500 g/mol. The number of thioether (sulfide) groups is 1. The van der Waals surface area contributed by atoms with Gasteiger partial charge in [-0.2, -0.15) is 10.1 Å². The molecule has 0 aliphatic carbocycles. The number of benzene rings is 3. The van der Waals surface area contributed by atoms with Gasteiger partial charge in [0.1, 0.15) is 11.1 Å². The van der Waals surface area contributed by atoms with Crippen molar-refractivity contribution in [2.24, 2.45) is 10.1 Å². The third-order valence-electron chi connectivity index (χ3n) is 6.36. The molecule has 2 heterocycles. The fraction of sp³-hybridized carbons (Fsp3) is 0.214. The summed E-state index contributed by atoms with van der Waals surface area (Å²) in [7, 11) is 0. The number of hydrogen-bond donors (Lipinski definition) is 1. The van der Waals surface area contributed by atoms with E-state index < -0.39 is 5.25 Å². The Balaban J connectivity index is 1.33. The van der Waals surface area contributed by atoms with Crippen LogP contribution < -0.4 is 5.32 Å². The molecule has 0 saturated carbocycles. The highest BCUT2D eigenvalue weighted by Crippen LogP contribution is 2.38. The van der Waals surface area contributed by atoms with E-state index in [1.54, 1.807) is 17.1 Å². The number of carbonyl (C=O) groups excluding carboxylic acids is 2. The Bertz CT molecular complexity index is 1370. The lowest BCUT2D eigenvalue weighted by molar-refractivity contribution is -0.121. The number of aliphatic imine (C=N–C) groups is 1. The van der Waals surface area contributed by atoms with E-state index in [9.17, 15) is 14.0 Å². The van der Waals surface area contributed by atoms with Crippen LogP contribution in [0.25, 0.3) is 0 Å². The van der Waals surface area contributed by atoms with Gasteiger partial charge in [-0.3, -0.25) is 9.59 Å². The lowest BCUT2D eigenvalue weighted by Gasteiger charge is -2.23. The van der Waals surface area contributed by atoms with E-state index >= 15 is 0 Å². The number of aryl methyl sites for hydroxylation is 2. The molecule has 2 aliphatic rings. The average Bonchev–Trinajstić information content (AvgIpc) is 3.46. The van der Waals surface area contributed by atoms with E-state index in [1.165, 1.54) is 23.9 Å². The summed E-state index contributed by atoms with van der Waals surface area (Å²) in [4.78, 5) is 29.7. The van der Waals surface area contributed by atoms with Gasteiger partial charge >= 0.3 is 0 Å². The second-order valence-corrected chi connectivity index (χ2v) is 10.1. The van der Waals surface area contributed by atoms with E-state index in [4.69, 9.17) is 5.10 Å². The average molecular weight is 501 g/mol. The number of anilines is 1. The zero-order valence-electron chi connectivity index (χ0n) is 19.9. The van der Waals surface area contributed by atoms with Crippen molar-refractivity contribution in [2.45, 2.75) is 38.0 Å². The van der Waals surface area contributed by atoms with Crippen molar-refractivity contribution in [3.63, 3.8) is 0 Å². The van der Waals surface area contributed by atoms with Crippen molar-refractivity contribution in [1.82, 2.24) is 5.01 Å². The first-order chi connectivity index (χ1) is 17.4. The number of hydrazone groups is 1. The predicted octanol–water partition coefficient (Wildman–Crippen LogP) is 5.62. The second kappa shape index (κ2) is 10.1. The first kappa shape index (κ1) is 23.9. The number of rotatable bonds is 5. The molecule has 2 atom stereocenters. The van der Waals surface area contributed by atoms with Crippen molar-refractivity contribution in [2.75, 3.05) is 5.32 Å². The van der Waals surface area contributed by atoms with E-state index in [0.29, 0.717) is 17.3 Å². The highest BCUT2D eigenvalue weighted by atomic mass is 32.2. The van der Waals surface area contributed by atoms with Crippen molar-refractivity contribution in [1.29, 1.82) is 0 Å². The molecule has 5 rings (SSSR count). The minimum Gasteiger partial charge on any atom is -0.326 e. The fourth-order valence-corrected chi connectivity index (χ4v) is 5.30. The summed E-state index contributed by atoms with van der Waals surface area (Å²) in [5.41, 5.74) is 5.63. The Hall–Kier alpha value is -3.78. The quantitative estimate of drug-likeness (QED) is 0.493. The number of nitrogens with zero attached hydrogens (tertiary/aromatic N) is 3. The van der Waals surface area contributed by atoms with Gasteiger partial charge < -0.3 is 5.32 Å². The maximum absolute atomic E-state index is 13.6. The Morgan fingerprint density at radius 3 is 2.53 bits per heavy atom. The van der Waals surface area contributed by atoms with Crippen LogP contribution in [-0.2, 0) is 9.59 Å². The van der Waals surface area contributed by atoms with Gasteiger partial charge in [0, 0.05) is 18.5 Å². The lowest BCUT2D eigenvalue weighted by atomic mass is 9.99. The van der Waals surface area contributed by atoms with Crippen LogP contribution in [0.1, 0.15) is 41.1 Å². The van der Waals surface area contributed by atoms with Crippen molar-refractivity contribution in [3.05, 3.63) is 101 Å². The van der Waals surface area contributed by atoms with Crippen molar-refractivity contribution in [3.8, 4) is 0 Å². The number of carbonyl (C=O) groups is 2. The Morgan fingerprint density at radius 2 is 1.81 bits per heavy atom. The topological polar surface area (TPSA) is 74.1 Å². The number of amides is 2. The summed E-state index contributed by atoms with van der Waals surface area (Å²) >= 11 is 1.24. The molecule has 2 amide bonds.